The Hall–Kier alpha value is -0.830. The first-order valence-corrected chi connectivity index (χ1v) is 6.30. The maximum atomic E-state index is 10.9. The molecule has 0 spiro atoms. The van der Waals surface area contributed by atoms with Gasteiger partial charge in [-0.25, -0.2) is 0 Å². The number of hydrogen-bond acceptors (Lipinski definition) is 2. The van der Waals surface area contributed by atoms with Crippen LogP contribution in [0.1, 0.15) is 42.6 Å². The van der Waals surface area contributed by atoms with Gasteiger partial charge in [0, 0.05) is 18.3 Å². The highest BCUT2D eigenvalue weighted by molar-refractivity contribution is 5.39. The van der Waals surface area contributed by atoms with Crippen LogP contribution in [-0.4, -0.2) is 14.9 Å². The van der Waals surface area contributed by atoms with Gasteiger partial charge in [-0.1, -0.05) is 12.8 Å². The minimum Gasteiger partial charge on any atom is -0.384 e. The Kier molecular flexibility index (Phi) is 2.00. The van der Waals surface area contributed by atoms with E-state index in [2.05, 4.69) is 12.0 Å². The first-order valence-electron chi connectivity index (χ1n) is 6.30. The molecule has 0 aromatic carbocycles. The Morgan fingerprint density at radius 1 is 1.25 bits per heavy atom. The second-order valence-corrected chi connectivity index (χ2v) is 5.49. The van der Waals surface area contributed by atoms with Gasteiger partial charge in [-0.2, -0.15) is 5.10 Å². The van der Waals surface area contributed by atoms with E-state index in [9.17, 15) is 5.11 Å². The molecule has 2 atom stereocenters. The third-order valence-electron chi connectivity index (χ3n) is 4.70. The lowest BCUT2D eigenvalue weighted by Gasteiger charge is -2.11. The SMILES string of the molecule is Cc1nn(C)c(C)c1C1(O)C2CCCCC21. The van der Waals surface area contributed by atoms with Gasteiger partial charge in [0.2, 0.25) is 0 Å². The largest absolute Gasteiger partial charge is 0.384 e. The Morgan fingerprint density at radius 2 is 1.81 bits per heavy atom. The van der Waals surface area contributed by atoms with Crippen LogP contribution in [0.25, 0.3) is 0 Å². The maximum Gasteiger partial charge on any atom is 0.0995 e. The number of rotatable bonds is 1. The van der Waals surface area contributed by atoms with Gasteiger partial charge in [-0.05, 0) is 38.5 Å². The van der Waals surface area contributed by atoms with Gasteiger partial charge in [0.1, 0.15) is 0 Å². The molecule has 2 aliphatic rings. The van der Waals surface area contributed by atoms with E-state index in [0.717, 1.165) is 17.0 Å². The molecular formula is C13H20N2O. The molecule has 0 amide bonds. The molecule has 88 valence electrons. The van der Waals surface area contributed by atoms with E-state index in [1.807, 2.05) is 18.7 Å². The Balaban J connectivity index is 2.04. The summed E-state index contributed by atoms with van der Waals surface area (Å²) >= 11 is 0. The highest BCUT2D eigenvalue weighted by Crippen LogP contribution is 2.65. The molecule has 0 aliphatic heterocycles. The van der Waals surface area contributed by atoms with Crippen molar-refractivity contribution in [3.05, 3.63) is 17.0 Å². The van der Waals surface area contributed by atoms with Crippen LogP contribution in [0, 0.1) is 25.7 Å². The van der Waals surface area contributed by atoms with Crippen LogP contribution in [0.15, 0.2) is 0 Å². The molecule has 1 N–H and O–H groups in total. The van der Waals surface area contributed by atoms with Crippen molar-refractivity contribution in [3.63, 3.8) is 0 Å². The van der Waals surface area contributed by atoms with Gasteiger partial charge < -0.3 is 5.11 Å². The zero-order chi connectivity index (χ0) is 11.5. The lowest BCUT2D eigenvalue weighted by atomic mass is 10.0. The smallest absolute Gasteiger partial charge is 0.0995 e. The summed E-state index contributed by atoms with van der Waals surface area (Å²) < 4.78 is 1.90. The first-order chi connectivity index (χ1) is 7.56. The van der Waals surface area contributed by atoms with E-state index in [-0.39, 0.29) is 0 Å². The molecule has 0 bridgehead atoms. The van der Waals surface area contributed by atoms with Crippen molar-refractivity contribution in [1.82, 2.24) is 9.78 Å². The fourth-order valence-electron chi connectivity index (χ4n) is 3.82. The number of fused-ring (bicyclic) bond motifs is 1. The molecular weight excluding hydrogens is 200 g/mol. The van der Waals surface area contributed by atoms with Gasteiger partial charge >= 0.3 is 0 Å². The number of aryl methyl sites for hydroxylation is 2. The van der Waals surface area contributed by atoms with Crippen LogP contribution >= 0.6 is 0 Å². The fourth-order valence-corrected chi connectivity index (χ4v) is 3.82. The standard InChI is InChI=1S/C13H20N2O/c1-8-12(9(2)15(3)14-8)13(16)10-6-4-5-7-11(10)13/h10-11,16H,4-7H2,1-3H3. The van der Waals surface area contributed by atoms with E-state index in [1.165, 1.54) is 25.7 Å². The lowest BCUT2D eigenvalue weighted by Crippen LogP contribution is -2.13. The van der Waals surface area contributed by atoms with E-state index in [4.69, 9.17) is 0 Å². The zero-order valence-electron chi connectivity index (χ0n) is 10.3. The minimum atomic E-state index is -0.543. The average Bonchev–Trinajstić information content (AvgIpc) is 2.76. The van der Waals surface area contributed by atoms with Crippen molar-refractivity contribution in [2.24, 2.45) is 18.9 Å². The second-order valence-electron chi connectivity index (χ2n) is 5.49. The molecule has 3 nitrogen and oxygen atoms in total. The molecule has 2 aliphatic carbocycles. The molecule has 0 radical (unpaired) electrons. The first kappa shape index (κ1) is 10.3. The van der Waals surface area contributed by atoms with Crippen LogP contribution < -0.4 is 0 Å². The maximum absolute atomic E-state index is 10.9. The van der Waals surface area contributed by atoms with E-state index in [1.54, 1.807) is 0 Å². The van der Waals surface area contributed by atoms with Crippen molar-refractivity contribution >= 4 is 0 Å². The lowest BCUT2D eigenvalue weighted by molar-refractivity contribution is 0.116. The van der Waals surface area contributed by atoms with Gasteiger partial charge in [0.15, 0.2) is 0 Å². The molecule has 2 saturated carbocycles. The molecule has 16 heavy (non-hydrogen) atoms. The summed E-state index contributed by atoms with van der Waals surface area (Å²) in [7, 11) is 1.96. The van der Waals surface area contributed by atoms with Crippen molar-refractivity contribution in [3.8, 4) is 0 Å². The topological polar surface area (TPSA) is 38.0 Å². The molecule has 1 aromatic rings. The summed E-state index contributed by atoms with van der Waals surface area (Å²) in [4.78, 5) is 0. The molecule has 3 rings (SSSR count). The van der Waals surface area contributed by atoms with E-state index in [0.29, 0.717) is 11.8 Å². The Morgan fingerprint density at radius 3 is 2.25 bits per heavy atom. The van der Waals surface area contributed by atoms with Crippen molar-refractivity contribution in [2.75, 3.05) is 0 Å². The van der Waals surface area contributed by atoms with Crippen molar-refractivity contribution in [2.45, 2.75) is 45.1 Å². The third kappa shape index (κ3) is 1.10. The van der Waals surface area contributed by atoms with Gasteiger partial charge in [-0.15, -0.1) is 0 Å². The molecule has 2 fully saturated rings. The van der Waals surface area contributed by atoms with Gasteiger partial charge in [-0.3, -0.25) is 4.68 Å². The van der Waals surface area contributed by atoms with E-state index < -0.39 is 5.60 Å². The normalized spacial score (nSPS) is 37.2. The minimum absolute atomic E-state index is 0.503. The number of aliphatic hydroxyl groups is 1. The quantitative estimate of drug-likeness (QED) is 0.786. The summed E-state index contributed by atoms with van der Waals surface area (Å²) in [5, 5.41) is 15.3. The fraction of sp³-hybridized carbons (Fsp3) is 0.769. The van der Waals surface area contributed by atoms with Crippen LogP contribution in [0.4, 0.5) is 0 Å². The number of aromatic nitrogens is 2. The van der Waals surface area contributed by atoms with Crippen molar-refractivity contribution in [1.29, 1.82) is 0 Å². The van der Waals surface area contributed by atoms with Crippen molar-refractivity contribution < 1.29 is 5.11 Å². The summed E-state index contributed by atoms with van der Waals surface area (Å²) in [6.45, 7) is 4.09. The Bertz CT molecular complexity index is 423. The molecule has 2 unspecified atom stereocenters. The Labute approximate surface area is 96.5 Å². The van der Waals surface area contributed by atoms with Gasteiger partial charge in [0.05, 0.1) is 11.3 Å². The predicted octanol–water partition coefficient (Wildman–Crippen LogP) is 2.04. The number of hydrogen-bond donors (Lipinski definition) is 1. The average molecular weight is 220 g/mol. The number of nitrogens with zero attached hydrogens (tertiary/aromatic N) is 2. The summed E-state index contributed by atoms with van der Waals surface area (Å²) in [5.74, 6) is 1.01. The highest BCUT2D eigenvalue weighted by atomic mass is 16.3. The van der Waals surface area contributed by atoms with Crippen LogP contribution in [-0.2, 0) is 12.6 Å². The monoisotopic (exact) mass is 220 g/mol. The van der Waals surface area contributed by atoms with Gasteiger partial charge in [0.25, 0.3) is 0 Å². The molecule has 3 heteroatoms. The third-order valence-corrected chi connectivity index (χ3v) is 4.70. The summed E-state index contributed by atoms with van der Waals surface area (Å²) in [6, 6.07) is 0. The summed E-state index contributed by atoms with van der Waals surface area (Å²) in [6.07, 6.45) is 4.94. The van der Waals surface area contributed by atoms with E-state index >= 15 is 0 Å². The zero-order valence-corrected chi connectivity index (χ0v) is 10.3. The van der Waals surface area contributed by atoms with Crippen LogP contribution in [0.2, 0.25) is 0 Å². The molecule has 0 saturated heterocycles. The van der Waals surface area contributed by atoms with Crippen LogP contribution in [0.5, 0.6) is 0 Å². The molecule has 1 heterocycles. The molecule has 1 aromatic heterocycles. The second kappa shape index (κ2) is 3.10. The highest BCUT2D eigenvalue weighted by Gasteiger charge is 2.66. The van der Waals surface area contributed by atoms with Crippen LogP contribution in [0.3, 0.4) is 0 Å². The summed E-state index contributed by atoms with van der Waals surface area (Å²) in [5.41, 5.74) is 2.72. The predicted molar refractivity (Wildman–Crippen MR) is 62.0 cm³/mol.